The Bertz CT molecular complexity index is 1100. The number of allylic oxidation sites excluding steroid dienone is 1. The van der Waals surface area contributed by atoms with Crippen molar-refractivity contribution in [2.75, 3.05) is 6.61 Å². The zero-order valence-electron chi connectivity index (χ0n) is 20.5. The van der Waals surface area contributed by atoms with E-state index in [2.05, 4.69) is 42.3 Å². The van der Waals surface area contributed by atoms with Crippen LogP contribution in [0.3, 0.4) is 0 Å². The predicted octanol–water partition coefficient (Wildman–Crippen LogP) is 5.40. The molecule has 0 amide bonds. The van der Waals surface area contributed by atoms with Gasteiger partial charge in [-0.2, -0.15) is 0 Å². The van der Waals surface area contributed by atoms with Crippen molar-refractivity contribution in [1.29, 1.82) is 0 Å². The van der Waals surface area contributed by atoms with Crippen LogP contribution in [0.5, 0.6) is 0 Å². The first-order chi connectivity index (χ1) is 17.5. The summed E-state index contributed by atoms with van der Waals surface area (Å²) >= 11 is 0. The molecule has 2 fully saturated rings. The number of terminal acetylenes is 1. The van der Waals surface area contributed by atoms with Gasteiger partial charge in [0.25, 0.3) is 0 Å². The second kappa shape index (κ2) is 10.3. The Morgan fingerprint density at radius 2 is 1.39 bits per heavy atom. The van der Waals surface area contributed by atoms with E-state index in [0.717, 1.165) is 16.7 Å². The SMILES string of the molecule is C#C/C=C/O[C@@H]1[C@H]2OC(C)(C)O[C@H]2O[C@@H]1COC(c1ccccc1)(c1ccccc1)c1ccccc1. The maximum absolute atomic E-state index is 6.95. The Kier molecular flexibility index (Phi) is 6.95. The van der Waals surface area contributed by atoms with E-state index in [4.69, 9.17) is 30.1 Å². The second-order valence-electron chi connectivity index (χ2n) is 9.30. The van der Waals surface area contributed by atoms with Gasteiger partial charge in [0.2, 0.25) is 0 Å². The van der Waals surface area contributed by atoms with E-state index >= 15 is 0 Å². The Morgan fingerprint density at radius 1 is 0.861 bits per heavy atom. The third-order valence-corrected chi connectivity index (χ3v) is 6.49. The summed E-state index contributed by atoms with van der Waals surface area (Å²) in [5.41, 5.74) is 2.17. The van der Waals surface area contributed by atoms with E-state index in [-0.39, 0.29) is 6.61 Å². The quantitative estimate of drug-likeness (QED) is 0.244. The molecule has 36 heavy (non-hydrogen) atoms. The van der Waals surface area contributed by atoms with Crippen LogP contribution < -0.4 is 0 Å². The summed E-state index contributed by atoms with van der Waals surface area (Å²) < 4.78 is 31.3. The van der Waals surface area contributed by atoms with Crippen LogP contribution in [0.2, 0.25) is 0 Å². The topological polar surface area (TPSA) is 46.2 Å². The molecule has 0 spiro atoms. The van der Waals surface area contributed by atoms with Gasteiger partial charge in [-0.3, -0.25) is 0 Å². The summed E-state index contributed by atoms with van der Waals surface area (Å²) in [6.45, 7) is 3.95. The molecule has 2 heterocycles. The van der Waals surface area contributed by atoms with E-state index in [1.165, 1.54) is 12.3 Å². The third kappa shape index (κ3) is 4.69. The van der Waals surface area contributed by atoms with Crippen molar-refractivity contribution in [3.05, 3.63) is 120 Å². The summed E-state index contributed by atoms with van der Waals surface area (Å²) in [5, 5.41) is 0. The number of hydrogen-bond donors (Lipinski definition) is 0. The minimum Gasteiger partial charge on any atom is -0.492 e. The summed E-state index contributed by atoms with van der Waals surface area (Å²) in [6, 6.07) is 30.7. The van der Waals surface area contributed by atoms with Crippen LogP contribution in [0.25, 0.3) is 0 Å². The molecule has 2 saturated heterocycles. The van der Waals surface area contributed by atoms with E-state index in [0.29, 0.717) is 0 Å². The molecule has 184 valence electrons. The van der Waals surface area contributed by atoms with Crippen molar-refractivity contribution in [2.24, 2.45) is 0 Å². The van der Waals surface area contributed by atoms with E-state index < -0.39 is 36.0 Å². The average molecular weight is 483 g/mol. The maximum Gasteiger partial charge on any atom is 0.191 e. The standard InChI is InChI=1S/C31H30O5/c1-4-5-21-32-27-26(34-29-28(27)35-30(2,3)36-29)22-33-31(23-15-9-6-10-16-23,24-17-11-7-12-18-24)25-19-13-8-14-20-25/h1,5-21,26-29H,22H2,2-3H3/b21-5+/t26-,27+,28-,29-/m1/s1. The van der Waals surface area contributed by atoms with Crippen LogP contribution in [0.4, 0.5) is 0 Å². The molecule has 3 aromatic rings. The van der Waals surface area contributed by atoms with Gasteiger partial charge in [-0.1, -0.05) is 96.9 Å². The smallest absolute Gasteiger partial charge is 0.191 e. The molecule has 5 rings (SSSR count). The molecule has 0 saturated carbocycles. The summed E-state index contributed by atoms with van der Waals surface area (Å²) in [5.74, 6) is 1.69. The molecule has 0 aromatic heterocycles. The molecule has 0 bridgehead atoms. The van der Waals surface area contributed by atoms with Gasteiger partial charge in [-0.25, -0.2) is 0 Å². The zero-order valence-corrected chi connectivity index (χ0v) is 20.5. The summed E-state index contributed by atoms with van der Waals surface area (Å²) in [6.07, 6.45) is 6.51. The van der Waals surface area contributed by atoms with Crippen LogP contribution in [-0.2, 0) is 29.3 Å². The van der Waals surface area contributed by atoms with Crippen LogP contribution in [0, 0.1) is 12.3 Å². The minimum absolute atomic E-state index is 0.230. The lowest BCUT2D eigenvalue weighted by Gasteiger charge is -2.37. The molecule has 5 heteroatoms. The van der Waals surface area contributed by atoms with Gasteiger partial charge in [0.15, 0.2) is 24.3 Å². The molecule has 5 nitrogen and oxygen atoms in total. The van der Waals surface area contributed by atoms with Gasteiger partial charge in [0, 0.05) is 6.08 Å². The molecule has 4 atom stereocenters. The van der Waals surface area contributed by atoms with Gasteiger partial charge in [0.1, 0.15) is 11.7 Å². The molecule has 0 N–H and O–H groups in total. The van der Waals surface area contributed by atoms with Gasteiger partial charge in [0.05, 0.1) is 12.9 Å². The van der Waals surface area contributed by atoms with Crippen molar-refractivity contribution in [3.8, 4) is 12.3 Å². The Labute approximate surface area is 212 Å². The minimum atomic E-state index is -0.870. The van der Waals surface area contributed by atoms with Crippen LogP contribution in [-0.4, -0.2) is 37.0 Å². The highest BCUT2D eigenvalue weighted by Gasteiger charge is 2.56. The van der Waals surface area contributed by atoms with Crippen molar-refractivity contribution in [2.45, 2.75) is 49.8 Å². The van der Waals surface area contributed by atoms with Crippen molar-refractivity contribution in [3.63, 3.8) is 0 Å². The molecule has 3 aromatic carbocycles. The molecular formula is C31H30O5. The lowest BCUT2D eigenvalue weighted by atomic mass is 9.80. The average Bonchev–Trinajstić information content (AvgIpc) is 3.38. The largest absolute Gasteiger partial charge is 0.492 e. The summed E-state index contributed by atoms with van der Waals surface area (Å²) in [7, 11) is 0. The first-order valence-electron chi connectivity index (χ1n) is 12.1. The van der Waals surface area contributed by atoms with Gasteiger partial charge >= 0.3 is 0 Å². The van der Waals surface area contributed by atoms with Crippen LogP contribution >= 0.6 is 0 Å². The Hall–Kier alpha value is -3.40. The molecule has 2 aliphatic rings. The predicted molar refractivity (Wildman–Crippen MR) is 137 cm³/mol. The highest BCUT2D eigenvalue weighted by atomic mass is 16.8. The molecule has 2 aliphatic heterocycles. The van der Waals surface area contributed by atoms with E-state index in [9.17, 15) is 0 Å². The van der Waals surface area contributed by atoms with E-state index in [1.54, 1.807) is 0 Å². The summed E-state index contributed by atoms with van der Waals surface area (Å²) in [4.78, 5) is 0. The molecule has 0 aliphatic carbocycles. The fourth-order valence-corrected chi connectivity index (χ4v) is 4.99. The lowest BCUT2D eigenvalue weighted by Crippen LogP contribution is -2.41. The maximum atomic E-state index is 6.95. The van der Waals surface area contributed by atoms with Crippen molar-refractivity contribution in [1.82, 2.24) is 0 Å². The van der Waals surface area contributed by atoms with Crippen molar-refractivity contribution < 1.29 is 23.7 Å². The zero-order chi connectivity index (χ0) is 25.0. The monoisotopic (exact) mass is 482 g/mol. The third-order valence-electron chi connectivity index (χ3n) is 6.49. The highest BCUT2D eigenvalue weighted by Crippen LogP contribution is 2.43. The first kappa shape index (κ1) is 24.3. The lowest BCUT2D eigenvalue weighted by molar-refractivity contribution is -0.223. The number of fused-ring (bicyclic) bond motifs is 1. The molecular weight excluding hydrogens is 452 g/mol. The fraction of sp³-hybridized carbons (Fsp3) is 0.290. The number of rotatable bonds is 8. The first-order valence-corrected chi connectivity index (χ1v) is 12.1. The number of hydrogen-bond acceptors (Lipinski definition) is 5. The van der Waals surface area contributed by atoms with Gasteiger partial charge in [-0.15, -0.1) is 6.42 Å². The normalized spacial score (nSPS) is 24.9. The number of ether oxygens (including phenoxy) is 5. The van der Waals surface area contributed by atoms with Gasteiger partial charge < -0.3 is 23.7 Å². The fourth-order valence-electron chi connectivity index (χ4n) is 4.99. The van der Waals surface area contributed by atoms with Crippen molar-refractivity contribution >= 4 is 0 Å². The Morgan fingerprint density at radius 3 is 1.89 bits per heavy atom. The molecule has 0 unspecified atom stereocenters. The Balaban J connectivity index is 1.52. The number of benzene rings is 3. The van der Waals surface area contributed by atoms with Crippen LogP contribution in [0.15, 0.2) is 103 Å². The molecule has 0 radical (unpaired) electrons. The van der Waals surface area contributed by atoms with Crippen LogP contribution in [0.1, 0.15) is 30.5 Å². The highest BCUT2D eigenvalue weighted by molar-refractivity contribution is 5.47. The second-order valence-corrected chi connectivity index (χ2v) is 9.30. The van der Waals surface area contributed by atoms with Gasteiger partial charge in [-0.05, 0) is 30.5 Å². The van der Waals surface area contributed by atoms with E-state index in [1.807, 2.05) is 68.4 Å².